The van der Waals surface area contributed by atoms with Crippen LogP contribution in [0.25, 0.3) is 67.8 Å². The minimum absolute atomic E-state index is 0.910. The third kappa shape index (κ3) is 1.93. The minimum atomic E-state index is 0.910. The topological polar surface area (TPSA) is 30.2 Å². The van der Waals surface area contributed by atoms with Crippen LogP contribution in [-0.4, -0.2) is 14.4 Å². The van der Waals surface area contributed by atoms with E-state index in [9.17, 15) is 0 Å². The molecular weight excluding hydrogens is 418 g/mol. The summed E-state index contributed by atoms with van der Waals surface area (Å²) in [6.07, 6.45) is 5.76. The molecule has 0 saturated carbocycles. The van der Waals surface area contributed by atoms with E-state index in [2.05, 4.69) is 64.0 Å². The molecule has 0 aliphatic rings. The van der Waals surface area contributed by atoms with Crippen molar-refractivity contribution in [3.05, 3.63) is 79.3 Å². The Balaban J connectivity index is 1.71. The maximum atomic E-state index is 4.71. The van der Waals surface area contributed by atoms with Crippen LogP contribution in [0.2, 0.25) is 0 Å². The second-order valence-electron chi connectivity index (χ2n) is 7.87. The fraction of sp³-hybridized carbons (Fsp3) is 0. The number of benzene rings is 3. The molecule has 0 saturated heterocycles. The molecule has 5 heterocycles. The van der Waals surface area contributed by atoms with Crippen molar-refractivity contribution < 1.29 is 0 Å². The average molecular weight is 432 g/mol. The first-order chi connectivity index (χ1) is 15.4. The molecule has 3 aromatic carbocycles. The van der Waals surface area contributed by atoms with E-state index in [1.165, 1.54) is 51.2 Å². The second kappa shape index (κ2) is 5.58. The molecule has 5 heteroatoms. The number of aromatic nitrogens is 3. The molecule has 0 spiro atoms. The largest absolute Gasteiger partial charge is 0.298 e. The van der Waals surface area contributed by atoms with E-state index in [-0.39, 0.29) is 0 Å². The molecule has 8 rings (SSSR count). The maximum Gasteiger partial charge on any atom is 0.163 e. The van der Waals surface area contributed by atoms with Gasteiger partial charge in [0.25, 0.3) is 0 Å². The first-order valence-corrected chi connectivity index (χ1v) is 11.8. The average Bonchev–Trinajstić information content (AvgIpc) is 3.53. The van der Waals surface area contributed by atoms with E-state index in [1.807, 2.05) is 47.3 Å². The van der Waals surface area contributed by atoms with Gasteiger partial charge in [0, 0.05) is 69.7 Å². The third-order valence-electron chi connectivity index (χ3n) is 6.31. The predicted molar refractivity (Wildman–Crippen MR) is 134 cm³/mol. The van der Waals surface area contributed by atoms with Gasteiger partial charge in [-0.3, -0.25) is 9.38 Å². The fourth-order valence-electron chi connectivity index (χ4n) is 5.05. The first-order valence-electron chi connectivity index (χ1n) is 10.2. The Morgan fingerprint density at radius 3 is 2.48 bits per heavy atom. The molecular formula is C26H13N3S2. The van der Waals surface area contributed by atoms with Crippen LogP contribution in [0.15, 0.2) is 79.3 Å². The third-order valence-corrected chi connectivity index (χ3v) is 8.64. The van der Waals surface area contributed by atoms with Crippen LogP contribution in [0.5, 0.6) is 0 Å². The number of fused-ring (bicyclic) bond motifs is 14. The fourth-order valence-corrected chi connectivity index (χ4v) is 7.51. The van der Waals surface area contributed by atoms with Crippen molar-refractivity contribution in [2.75, 3.05) is 0 Å². The van der Waals surface area contributed by atoms with Gasteiger partial charge in [0.2, 0.25) is 0 Å². The zero-order valence-electron chi connectivity index (χ0n) is 16.2. The number of hydrogen-bond acceptors (Lipinski definition) is 4. The number of thiophene rings is 2. The lowest BCUT2D eigenvalue weighted by atomic mass is 10.0. The van der Waals surface area contributed by atoms with Gasteiger partial charge >= 0.3 is 0 Å². The molecule has 5 aromatic heterocycles. The quantitative estimate of drug-likeness (QED) is 0.230. The lowest BCUT2D eigenvalue weighted by Crippen LogP contribution is -1.92. The molecule has 0 bridgehead atoms. The highest BCUT2D eigenvalue weighted by Gasteiger charge is 2.18. The van der Waals surface area contributed by atoms with Gasteiger partial charge < -0.3 is 0 Å². The summed E-state index contributed by atoms with van der Waals surface area (Å²) in [5.41, 5.74) is 3.04. The van der Waals surface area contributed by atoms with Crippen LogP contribution >= 0.6 is 22.7 Å². The monoisotopic (exact) mass is 431 g/mol. The molecule has 0 radical (unpaired) electrons. The first kappa shape index (κ1) is 16.2. The van der Waals surface area contributed by atoms with Gasteiger partial charge in [-0.1, -0.05) is 30.3 Å². The molecule has 0 amide bonds. The SMILES string of the molecule is c1ccc2c(c1)sc1ccc3c(sc4ccc5c(c6cccnc6c6nccn56)c43)c12. The van der Waals surface area contributed by atoms with Crippen molar-refractivity contribution in [2.24, 2.45) is 0 Å². The number of pyridine rings is 2. The van der Waals surface area contributed by atoms with E-state index in [0.717, 1.165) is 16.6 Å². The van der Waals surface area contributed by atoms with Crippen molar-refractivity contribution in [3.8, 4) is 0 Å². The number of rotatable bonds is 0. The Bertz CT molecular complexity index is 2010. The lowest BCUT2D eigenvalue weighted by molar-refractivity contribution is 1.26. The number of hydrogen-bond donors (Lipinski definition) is 0. The molecule has 0 aliphatic carbocycles. The summed E-state index contributed by atoms with van der Waals surface area (Å²) in [5, 5.41) is 7.81. The minimum Gasteiger partial charge on any atom is -0.298 e. The summed E-state index contributed by atoms with van der Waals surface area (Å²) in [6.45, 7) is 0. The Morgan fingerprint density at radius 2 is 1.48 bits per heavy atom. The van der Waals surface area contributed by atoms with Gasteiger partial charge in [0.1, 0.15) is 5.52 Å². The highest BCUT2D eigenvalue weighted by molar-refractivity contribution is 7.29. The van der Waals surface area contributed by atoms with Gasteiger partial charge in [-0.05, 0) is 30.3 Å². The van der Waals surface area contributed by atoms with Crippen molar-refractivity contribution >= 4 is 90.5 Å². The van der Waals surface area contributed by atoms with Crippen molar-refractivity contribution in [3.63, 3.8) is 0 Å². The molecule has 3 nitrogen and oxygen atoms in total. The normalized spacial score (nSPS) is 12.5. The molecule has 0 fully saturated rings. The summed E-state index contributed by atoms with van der Waals surface area (Å²) < 4.78 is 7.57. The Kier molecular flexibility index (Phi) is 2.91. The van der Waals surface area contributed by atoms with Crippen LogP contribution in [0.3, 0.4) is 0 Å². The van der Waals surface area contributed by atoms with E-state index in [0.29, 0.717) is 0 Å². The van der Waals surface area contributed by atoms with Crippen molar-refractivity contribution in [2.45, 2.75) is 0 Å². The summed E-state index contributed by atoms with van der Waals surface area (Å²) in [6, 6.07) is 22.1. The maximum absolute atomic E-state index is 4.71. The Hall–Kier alpha value is -3.54. The standard InChI is InChI=1S/C26H13N3S2/c1-2-6-18-14(4-1)23-20(30-18)9-7-16-22-19(31-25(16)23)10-8-17-21(22)15-5-3-11-27-24(15)26-28-12-13-29(17)26/h1-13H. The zero-order valence-corrected chi connectivity index (χ0v) is 17.8. The van der Waals surface area contributed by atoms with Crippen LogP contribution in [0.1, 0.15) is 0 Å². The van der Waals surface area contributed by atoms with Crippen LogP contribution in [0, 0.1) is 0 Å². The van der Waals surface area contributed by atoms with E-state index in [4.69, 9.17) is 4.98 Å². The Morgan fingerprint density at radius 1 is 0.613 bits per heavy atom. The van der Waals surface area contributed by atoms with Crippen molar-refractivity contribution in [1.82, 2.24) is 14.4 Å². The molecule has 0 N–H and O–H groups in total. The van der Waals surface area contributed by atoms with Crippen LogP contribution in [0.4, 0.5) is 0 Å². The summed E-state index contributed by atoms with van der Waals surface area (Å²) in [5.74, 6) is 0. The summed E-state index contributed by atoms with van der Waals surface area (Å²) >= 11 is 3.78. The molecule has 8 aromatic rings. The second-order valence-corrected chi connectivity index (χ2v) is 10.0. The van der Waals surface area contributed by atoms with E-state index in [1.54, 1.807) is 0 Å². The van der Waals surface area contributed by atoms with Gasteiger partial charge in [0.05, 0.1) is 5.52 Å². The van der Waals surface area contributed by atoms with Gasteiger partial charge in [0.15, 0.2) is 5.65 Å². The number of nitrogens with zero attached hydrogens (tertiary/aromatic N) is 3. The van der Waals surface area contributed by atoms with Gasteiger partial charge in [-0.2, -0.15) is 0 Å². The molecule has 144 valence electrons. The molecule has 31 heavy (non-hydrogen) atoms. The summed E-state index contributed by atoms with van der Waals surface area (Å²) in [7, 11) is 0. The Labute approximate surface area is 183 Å². The highest BCUT2D eigenvalue weighted by Crippen LogP contribution is 2.47. The molecule has 0 aliphatic heterocycles. The van der Waals surface area contributed by atoms with Crippen LogP contribution in [-0.2, 0) is 0 Å². The predicted octanol–water partition coefficient (Wildman–Crippen LogP) is 7.77. The summed E-state index contributed by atoms with van der Waals surface area (Å²) in [4.78, 5) is 9.31. The smallest absolute Gasteiger partial charge is 0.163 e. The van der Waals surface area contributed by atoms with Crippen LogP contribution < -0.4 is 0 Å². The van der Waals surface area contributed by atoms with Gasteiger partial charge in [-0.25, -0.2) is 4.98 Å². The van der Waals surface area contributed by atoms with Crippen molar-refractivity contribution in [1.29, 1.82) is 0 Å². The van der Waals surface area contributed by atoms with E-state index >= 15 is 0 Å². The zero-order chi connectivity index (χ0) is 20.1. The molecule has 0 unspecified atom stereocenters. The number of imidazole rings is 1. The van der Waals surface area contributed by atoms with Gasteiger partial charge in [-0.15, -0.1) is 22.7 Å². The highest BCUT2D eigenvalue weighted by atomic mass is 32.1. The molecule has 0 atom stereocenters. The van der Waals surface area contributed by atoms with E-state index < -0.39 is 0 Å². The lowest BCUT2D eigenvalue weighted by Gasteiger charge is -2.09.